The van der Waals surface area contributed by atoms with Crippen LogP contribution in [0, 0.1) is 0 Å². The zero-order chi connectivity index (χ0) is 29.7. The normalized spacial score (nSPS) is 13.0. The highest BCUT2D eigenvalue weighted by molar-refractivity contribution is 6.03. The molecule has 0 heterocycles. The molecule has 0 amide bonds. The summed E-state index contributed by atoms with van der Waals surface area (Å²) in [6.45, 7) is 4.70. The Bertz CT molecular complexity index is 2120. The van der Waals surface area contributed by atoms with Gasteiger partial charge in [-0.15, -0.1) is 0 Å². The minimum atomic E-state index is -0.0267. The molecule has 7 aromatic carbocycles. The SMILES string of the molecule is CC1(C)c2ccccc2-c2cc3c(N(c4ccccc4)c4ccc(-c5ccccc5-c5ccccc5)cc4)cccc3cc21. The lowest BCUT2D eigenvalue weighted by Crippen LogP contribution is -2.15. The lowest BCUT2D eigenvalue weighted by atomic mass is 9.82. The number of fused-ring (bicyclic) bond motifs is 4. The van der Waals surface area contributed by atoms with Crippen LogP contribution in [0.4, 0.5) is 17.1 Å². The van der Waals surface area contributed by atoms with E-state index in [4.69, 9.17) is 0 Å². The summed E-state index contributed by atoms with van der Waals surface area (Å²) in [7, 11) is 0. The summed E-state index contributed by atoms with van der Waals surface area (Å²) in [6.07, 6.45) is 0. The van der Waals surface area contributed by atoms with Gasteiger partial charge in [-0.25, -0.2) is 0 Å². The lowest BCUT2D eigenvalue weighted by Gasteiger charge is -2.28. The molecule has 0 saturated carbocycles. The van der Waals surface area contributed by atoms with E-state index in [1.807, 2.05) is 0 Å². The molecule has 0 aliphatic heterocycles. The van der Waals surface area contributed by atoms with Crippen LogP contribution >= 0.6 is 0 Å². The summed E-state index contributed by atoms with van der Waals surface area (Å²) in [6, 6.07) is 59.5. The van der Waals surface area contributed by atoms with E-state index in [-0.39, 0.29) is 5.41 Å². The van der Waals surface area contributed by atoms with Crippen molar-refractivity contribution in [2.45, 2.75) is 19.3 Å². The number of benzene rings is 7. The van der Waals surface area contributed by atoms with Gasteiger partial charge in [-0.2, -0.15) is 0 Å². The van der Waals surface area contributed by atoms with E-state index in [2.05, 4.69) is 183 Å². The highest BCUT2D eigenvalue weighted by atomic mass is 15.1. The van der Waals surface area contributed by atoms with Crippen molar-refractivity contribution in [3.05, 3.63) is 175 Å². The molecular formula is C43H33N. The minimum Gasteiger partial charge on any atom is -0.310 e. The fourth-order valence-electron chi connectivity index (χ4n) is 7.05. The molecule has 0 unspecified atom stereocenters. The lowest BCUT2D eigenvalue weighted by molar-refractivity contribution is 0.661. The highest BCUT2D eigenvalue weighted by Gasteiger charge is 2.35. The summed E-state index contributed by atoms with van der Waals surface area (Å²) in [5.74, 6) is 0. The van der Waals surface area contributed by atoms with Gasteiger partial charge in [0.25, 0.3) is 0 Å². The van der Waals surface area contributed by atoms with Crippen molar-refractivity contribution in [1.29, 1.82) is 0 Å². The van der Waals surface area contributed by atoms with E-state index < -0.39 is 0 Å². The van der Waals surface area contributed by atoms with Gasteiger partial charge in [0.05, 0.1) is 5.69 Å². The third-order valence-electron chi connectivity index (χ3n) is 9.26. The molecule has 0 N–H and O–H groups in total. The first-order valence-corrected chi connectivity index (χ1v) is 15.4. The average Bonchev–Trinajstić information content (AvgIpc) is 3.31. The summed E-state index contributed by atoms with van der Waals surface area (Å²) in [4.78, 5) is 2.40. The van der Waals surface area contributed by atoms with Crippen LogP contribution in [0.5, 0.6) is 0 Å². The molecule has 0 atom stereocenters. The Hall–Kier alpha value is -5.40. The van der Waals surface area contributed by atoms with Crippen LogP contribution < -0.4 is 4.90 Å². The first-order valence-electron chi connectivity index (χ1n) is 15.4. The number of para-hydroxylation sites is 1. The van der Waals surface area contributed by atoms with Crippen LogP contribution in [0.25, 0.3) is 44.2 Å². The summed E-state index contributed by atoms with van der Waals surface area (Å²) in [5.41, 5.74) is 13.8. The van der Waals surface area contributed by atoms with Gasteiger partial charge in [-0.1, -0.05) is 135 Å². The van der Waals surface area contributed by atoms with E-state index >= 15 is 0 Å². The van der Waals surface area contributed by atoms with Crippen LogP contribution in [0.15, 0.2) is 164 Å². The van der Waals surface area contributed by atoms with Crippen molar-refractivity contribution >= 4 is 27.8 Å². The molecule has 0 spiro atoms. The van der Waals surface area contributed by atoms with Gasteiger partial charge < -0.3 is 4.90 Å². The van der Waals surface area contributed by atoms with Gasteiger partial charge >= 0.3 is 0 Å². The van der Waals surface area contributed by atoms with Crippen molar-refractivity contribution in [3.8, 4) is 33.4 Å². The van der Waals surface area contributed by atoms with Gasteiger partial charge in [0.15, 0.2) is 0 Å². The van der Waals surface area contributed by atoms with Gasteiger partial charge in [0.1, 0.15) is 0 Å². The maximum Gasteiger partial charge on any atom is 0.0540 e. The molecule has 0 fully saturated rings. The molecule has 0 bridgehead atoms. The molecule has 7 aromatic rings. The molecule has 44 heavy (non-hydrogen) atoms. The standard InChI is InChI=1S/C43H33N/c1-43(2)40-22-12-11-21-37(40)39-29-38-32(28-41(39)43)16-13-23-42(38)44(33-17-7-4-8-18-33)34-26-24-31(25-27-34)36-20-10-9-19-35(36)30-14-5-3-6-15-30/h3-29H,1-2H3. The maximum atomic E-state index is 2.42. The molecule has 1 aliphatic carbocycles. The van der Waals surface area contributed by atoms with Crippen molar-refractivity contribution < 1.29 is 0 Å². The highest BCUT2D eigenvalue weighted by Crippen LogP contribution is 2.51. The summed E-state index contributed by atoms with van der Waals surface area (Å²) >= 11 is 0. The second-order valence-electron chi connectivity index (χ2n) is 12.2. The Morgan fingerprint density at radius 2 is 0.977 bits per heavy atom. The van der Waals surface area contributed by atoms with E-state index in [1.165, 1.54) is 61.0 Å². The molecule has 1 aliphatic rings. The van der Waals surface area contributed by atoms with Gasteiger partial charge in [-0.3, -0.25) is 0 Å². The third kappa shape index (κ3) is 4.24. The Balaban J connectivity index is 1.28. The fraction of sp³-hybridized carbons (Fsp3) is 0.0698. The number of anilines is 3. The van der Waals surface area contributed by atoms with Crippen LogP contribution in [-0.2, 0) is 5.41 Å². The van der Waals surface area contributed by atoms with E-state index in [0.29, 0.717) is 0 Å². The van der Waals surface area contributed by atoms with Gasteiger partial charge in [0.2, 0.25) is 0 Å². The molecule has 0 saturated heterocycles. The van der Waals surface area contributed by atoms with E-state index in [9.17, 15) is 0 Å². The van der Waals surface area contributed by atoms with E-state index in [1.54, 1.807) is 0 Å². The molecule has 8 rings (SSSR count). The average molecular weight is 564 g/mol. The Kier molecular flexibility index (Phi) is 6.20. The quantitative estimate of drug-likeness (QED) is 0.201. The first-order chi connectivity index (χ1) is 21.6. The molecule has 0 radical (unpaired) electrons. The fourth-order valence-corrected chi connectivity index (χ4v) is 7.05. The molecule has 1 heteroatoms. The molecule has 210 valence electrons. The number of rotatable bonds is 5. The number of hydrogen-bond donors (Lipinski definition) is 0. The second kappa shape index (κ2) is 10.4. The monoisotopic (exact) mass is 563 g/mol. The maximum absolute atomic E-state index is 2.42. The smallest absolute Gasteiger partial charge is 0.0540 e. The summed E-state index contributed by atoms with van der Waals surface area (Å²) in [5, 5.41) is 2.51. The minimum absolute atomic E-state index is 0.0267. The van der Waals surface area contributed by atoms with Crippen LogP contribution in [-0.4, -0.2) is 0 Å². The van der Waals surface area contributed by atoms with Crippen LogP contribution in [0.2, 0.25) is 0 Å². The van der Waals surface area contributed by atoms with Crippen molar-refractivity contribution in [2.75, 3.05) is 4.90 Å². The van der Waals surface area contributed by atoms with Crippen molar-refractivity contribution in [2.24, 2.45) is 0 Å². The Morgan fingerprint density at radius 3 is 1.68 bits per heavy atom. The second-order valence-corrected chi connectivity index (χ2v) is 12.2. The van der Waals surface area contributed by atoms with E-state index in [0.717, 1.165) is 11.4 Å². The van der Waals surface area contributed by atoms with Crippen molar-refractivity contribution in [1.82, 2.24) is 0 Å². The first kappa shape index (κ1) is 26.2. The molecule has 1 nitrogen and oxygen atoms in total. The topological polar surface area (TPSA) is 3.24 Å². The summed E-state index contributed by atoms with van der Waals surface area (Å²) < 4.78 is 0. The predicted molar refractivity (Wildman–Crippen MR) is 187 cm³/mol. The Labute approximate surface area is 259 Å². The van der Waals surface area contributed by atoms with Gasteiger partial charge in [0, 0.05) is 22.2 Å². The Morgan fingerprint density at radius 1 is 0.409 bits per heavy atom. The largest absolute Gasteiger partial charge is 0.310 e. The van der Waals surface area contributed by atoms with Crippen molar-refractivity contribution in [3.63, 3.8) is 0 Å². The number of nitrogens with zero attached hydrogens (tertiary/aromatic N) is 1. The zero-order valence-corrected chi connectivity index (χ0v) is 25.0. The van der Waals surface area contributed by atoms with Crippen LogP contribution in [0.1, 0.15) is 25.0 Å². The van der Waals surface area contributed by atoms with Gasteiger partial charge in [-0.05, 0) is 92.4 Å². The third-order valence-corrected chi connectivity index (χ3v) is 9.26. The predicted octanol–water partition coefficient (Wildman–Crippen LogP) is 11.9. The molecule has 0 aromatic heterocycles. The number of hydrogen-bond acceptors (Lipinski definition) is 1. The van der Waals surface area contributed by atoms with Crippen LogP contribution in [0.3, 0.4) is 0 Å². The zero-order valence-electron chi connectivity index (χ0n) is 25.0. The molecular weight excluding hydrogens is 530 g/mol.